The number of halogens is 3. The van der Waals surface area contributed by atoms with Gasteiger partial charge in [-0.25, -0.2) is 13.5 Å². The Morgan fingerprint density at radius 2 is 1.74 bits per heavy atom. The second-order valence-corrected chi connectivity index (χ2v) is 6.21. The number of nitrogens with zero attached hydrogens (tertiary/aromatic N) is 2. The van der Waals surface area contributed by atoms with E-state index < -0.39 is 29.1 Å². The van der Waals surface area contributed by atoms with Crippen LogP contribution in [0.2, 0.25) is 5.15 Å². The molecule has 3 rings (SSSR count). The van der Waals surface area contributed by atoms with Crippen LogP contribution in [-0.2, 0) is 4.79 Å². The fourth-order valence-electron chi connectivity index (χ4n) is 2.55. The molecule has 0 aliphatic carbocycles. The van der Waals surface area contributed by atoms with Crippen LogP contribution < -0.4 is 10.9 Å². The van der Waals surface area contributed by atoms with E-state index in [0.717, 1.165) is 16.8 Å². The highest BCUT2D eigenvalue weighted by Crippen LogP contribution is 2.19. The van der Waals surface area contributed by atoms with Crippen molar-refractivity contribution in [1.82, 2.24) is 9.78 Å². The number of benzene rings is 2. The van der Waals surface area contributed by atoms with Gasteiger partial charge in [0.15, 0.2) is 5.15 Å². The van der Waals surface area contributed by atoms with Crippen LogP contribution >= 0.6 is 11.6 Å². The Morgan fingerprint density at radius 3 is 2.37 bits per heavy atom. The molecule has 5 nitrogen and oxygen atoms in total. The normalized spacial score (nSPS) is 11.9. The first kappa shape index (κ1) is 18.7. The maximum atomic E-state index is 13.3. The molecular formula is C19H14ClF2N3O2. The number of aromatic nitrogens is 2. The lowest BCUT2D eigenvalue weighted by Crippen LogP contribution is -2.34. The monoisotopic (exact) mass is 389 g/mol. The molecule has 1 unspecified atom stereocenters. The van der Waals surface area contributed by atoms with Crippen LogP contribution in [0.4, 0.5) is 14.5 Å². The summed E-state index contributed by atoms with van der Waals surface area (Å²) in [6.45, 7) is 1.44. The molecule has 0 aliphatic rings. The van der Waals surface area contributed by atoms with Crippen LogP contribution in [0.25, 0.3) is 11.1 Å². The van der Waals surface area contributed by atoms with Crippen LogP contribution in [0.1, 0.15) is 13.0 Å². The van der Waals surface area contributed by atoms with Crippen molar-refractivity contribution in [2.24, 2.45) is 0 Å². The van der Waals surface area contributed by atoms with Crippen LogP contribution in [0, 0.1) is 11.6 Å². The number of hydrogen-bond acceptors (Lipinski definition) is 3. The van der Waals surface area contributed by atoms with Gasteiger partial charge >= 0.3 is 0 Å². The molecule has 0 radical (unpaired) electrons. The van der Waals surface area contributed by atoms with E-state index in [9.17, 15) is 18.4 Å². The number of anilines is 1. The zero-order valence-electron chi connectivity index (χ0n) is 14.1. The van der Waals surface area contributed by atoms with Crippen molar-refractivity contribution in [2.75, 3.05) is 5.32 Å². The van der Waals surface area contributed by atoms with Crippen molar-refractivity contribution in [3.63, 3.8) is 0 Å². The van der Waals surface area contributed by atoms with Crippen molar-refractivity contribution < 1.29 is 13.6 Å². The Morgan fingerprint density at radius 1 is 1.11 bits per heavy atom. The van der Waals surface area contributed by atoms with Crippen molar-refractivity contribution in [1.29, 1.82) is 0 Å². The van der Waals surface area contributed by atoms with E-state index in [0.29, 0.717) is 11.6 Å². The second-order valence-electron chi connectivity index (χ2n) is 5.82. The Balaban J connectivity index is 1.94. The molecule has 0 fully saturated rings. The summed E-state index contributed by atoms with van der Waals surface area (Å²) in [5.74, 6) is -2.33. The minimum absolute atomic E-state index is 0.0323. The van der Waals surface area contributed by atoms with Crippen LogP contribution in [0.5, 0.6) is 0 Å². The number of amides is 1. The van der Waals surface area contributed by atoms with Crippen molar-refractivity contribution in [3.05, 3.63) is 81.7 Å². The summed E-state index contributed by atoms with van der Waals surface area (Å²) >= 11 is 6.02. The molecule has 2 aromatic carbocycles. The molecule has 0 aliphatic heterocycles. The Labute approximate surface area is 158 Å². The van der Waals surface area contributed by atoms with E-state index >= 15 is 0 Å². The first-order valence-electron chi connectivity index (χ1n) is 7.97. The van der Waals surface area contributed by atoms with E-state index in [1.54, 1.807) is 30.3 Å². The van der Waals surface area contributed by atoms with Gasteiger partial charge in [0.2, 0.25) is 5.91 Å². The van der Waals surface area contributed by atoms with Crippen LogP contribution in [0.15, 0.2) is 59.4 Å². The third kappa shape index (κ3) is 4.20. The lowest BCUT2D eigenvalue weighted by atomic mass is 10.1. The standard InChI is InChI=1S/C19H14ClF2N3O2/c1-11(18(26)23-15-8-13(21)7-14(22)9-15)25-19(27)16(10-17(20)24-25)12-5-3-2-4-6-12/h2-11H,1H3,(H,23,26). The van der Waals surface area contributed by atoms with Crippen molar-refractivity contribution in [2.45, 2.75) is 13.0 Å². The van der Waals surface area contributed by atoms with Gasteiger partial charge in [-0.05, 0) is 30.7 Å². The molecule has 0 saturated heterocycles. The SMILES string of the molecule is CC(C(=O)Nc1cc(F)cc(F)c1)n1nc(Cl)cc(-c2ccccc2)c1=O. The van der Waals surface area contributed by atoms with E-state index in [1.165, 1.54) is 13.0 Å². The molecule has 1 atom stereocenters. The van der Waals surface area contributed by atoms with E-state index in [1.807, 2.05) is 0 Å². The van der Waals surface area contributed by atoms with Crippen molar-refractivity contribution >= 4 is 23.2 Å². The predicted octanol–water partition coefficient (Wildman–Crippen LogP) is 4.04. The summed E-state index contributed by atoms with van der Waals surface area (Å²) in [6.07, 6.45) is 0. The molecule has 1 aromatic heterocycles. The largest absolute Gasteiger partial charge is 0.324 e. The molecule has 3 aromatic rings. The molecule has 1 heterocycles. The van der Waals surface area contributed by atoms with E-state index in [4.69, 9.17) is 11.6 Å². The third-order valence-corrected chi connectivity index (χ3v) is 4.05. The van der Waals surface area contributed by atoms with E-state index in [2.05, 4.69) is 10.4 Å². The minimum atomic E-state index is -1.06. The fraction of sp³-hybridized carbons (Fsp3) is 0.105. The lowest BCUT2D eigenvalue weighted by molar-refractivity contribution is -0.119. The Bertz CT molecular complexity index is 1030. The molecule has 0 spiro atoms. The molecule has 0 bridgehead atoms. The van der Waals surface area contributed by atoms with E-state index in [-0.39, 0.29) is 16.4 Å². The molecule has 1 N–H and O–H groups in total. The average Bonchev–Trinajstić information content (AvgIpc) is 2.62. The molecule has 138 valence electrons. The van der Waals surface area contributed by atoms with Crippen LogP contribution in [0.3, 0.4) is 0 Å². The number of hydrogen-bond donors (Lipinski definition) is 1. The summed E-state index contributed by atoms with van der Waals surface area (Å²) in [5, 5.41) is 6.32. The Hall–Kier alpha value is -3.06. The summed E-state index contributed by atoms with van der Waals surface area (Å²) in [4.78, 5) is 25.2. The maximum Gasteiger partial charge on any atom is 0.275 e. The minimum Gasteiger partial charge on any atom is -0.324 e. The molecule has 0 saturated carbocycles. The van der Waals surface area contributed by atoms with Gasteiger partial charge in [-0.1, -0.05) is 41.9 Å². The van der Waals surface area contributed by atoms with Gasteiger partial charge in [0.25, 0.3) is 5.56 Å². The van der Waals surface area contributed by atoms with Gasteiger partial charge < -0.3 is 5.32 Å². The molecule has 27 heavy (non-hydrogen) atoms. The van der Waals surface area contributed by atoms with Gasteiger partial charge in [0, 0.05) is 11.8 Å². The van der Waals surface area contributed by atoms with Crippen LogP contribution in [-0.4, -0.2) is 15.7 Å². The quantitative estimate of drug-likeness (QED) is 0.732. The highest BCUT2D eigenvalue weighted by atomic mass is 35.5. The molecule has 8 heteroatoms. The zero-order chi connectivity index (χ0) is 19.6. The lowest BCUT2D eigenvalue weighted by Gasteiger charge is -2.15. The topological polar surface area (TPSA) is 64.0 Å². The van der Waals surface area contributed by atoms with Gasteiger partial charge in [-0.2, -0.15) is 5.10 Å². The van der Waals surface area contributed by atoms with Gasteiger partial charge in [-0.15, -0.1) is 0 Å². The summed E-state index contributed by atoms with van der Waals surface area (Å²) < 4.78 is 27.5. The van der Waals surface area contributed by atoms with Gasteiger partial charge in [-0.3, -0.25) is 9.59 Å². The summed E-state index contributed by atoms with van der Waals surface area (Å²) in [5.41, 5.74) is 0.328. The third-order valence-electron chi connectivity index (χ3n) is 3.87. The maximum absolute atomic E-state index is 13.3. The van der Waals surface area contributed by atoms with Gasteiger partial charge in [0.05, 0.1) is 5.56 Å². The number of carbonyl (C=O) groups is 1. The highest BCUT2D eigenvalue weighted by Gasteiger charge is 2.21. The van der Waals surface area contributed by atoms with Crippen molar-refractivity contribution in [3.8, 4) is 11.1 Å². The van der Waals surface area contributed by atoms with Gasteiger partial charge in [0.1, 0.15) is 17.7 Å². The Kier molecular flexibility index (Phi) is 5.32. The first-order chi connectivity index (χ1) is 12.8. The number of carbonyl (C=O) groups excluding carboxylic acids is 1. The average molecular weight is 390 g/mol. The molecular weight excluding hydrogens is 376 g/mol. The smallest absolute Gasteiger partial charge is 0.275 e. The summed E-state index contributed by atoms with van der Waals surface area (Å²) in [6, 6.07) is 11.8. The first-order valence-corrected chi connectivity index (χ1v) is 8.34. The predicted molar refractivity (Wildman–Crippen MR) is 98.6 cm³/mol. The number of rotatable bonds is 4. The fourth-order valence-corrected chi connectivity index (χ4v) is 2.74. The number of nitrogens with one attached hydrogen (secondary N) is 1. The second kappa shape index (κ2) is 7.67. The summed E-state index contributed by atoms with van der Waals surface area (Å²) in [7, 11) is 0. The zero-order valence-corrected chi connectivity index (χ0v) is 14.9. The highest BCUT2D eigenvalue weighted by molar-refractivity contribution is 6.29. The molecule has 1 amide bonds.